The molecule has 1 aliphatic heterocycles. The van der Waals surface area contributed by atoms with Gasteiger partial charge in [-0.05, 0) is 15.9 Å². The number of amides is 1. The van der Waals surface area contributed by atoms with E-state index in [1.807, 2.05) is 0 Å². The van der Waals surface area contributed by atoms with Gasteiger partial charge in [0.2, 0.25) is 11.9 Å². The predicted molar refractivity (Wildman–Crippen MR) is 61.4 cm³/mol. The Morgan fingerprint density at radius 2 is 2.33 bits per heavy atom. The highest BCUT2D eigenvalue weighted by Gasteiger charge is 2.31. The minimum absolute atomic E-state index is 0.0756. The Morgan fingerprint density at radius 3 is 2.87 bits per heavy atom. The van der Waals surface area contributed by atoms with E-state index in [0.29, 0.717) is 23.4 Å². The average Bonchev–Trinajstić information content (AvgIpc) is 2.50. The number of carbonyl (C=O) groups excluding carboxylic acids is 1. The maximum Gasteiger partial charge on any atom is 0.233 e. The molecule has 4 nitrogen and oxygen atoms in total. The molecular formula is C8H6BrCl2N3O. The first-order valence-corrected chi connectivity index (χ1v) is 5.81. The summed E-state index contributed by atoms with van der Waals surface area (Å²) in [6.45, 7) is 0.429. The molecule has 0 saturated carbocycles. The highest BCUT2D eigenvalue weighted by Crippen LogP contribution is 2.25. The fourth-order valence-electron chi connectivity index (χ4n) is 1.33. The number of hydrogen-bond donors (Lipinski definition) is 0. The second kappa shape index (κ2) is 4.23. The van der Waals surface area contributed by atoms with Crippen LogP contribution in [0.2, 0.25) is 5.15 Å². The van der Waals surface area contributed by atoms with Gasteiger partial charge in [0.15, 0.2) is 0 Å². The zero-order valence-electron chi connectivity index (χ0n) is 7.45. The summed E-state index contributed by atoms with van der Waals surface area (Å²) in [4.78, 5) is 20.9. The lowest BCUT2D eigenvalue weighted by molar-refractivity contribution is -0.117. The van der Waals surface area contributed by atoms with Gasteiger partial charge in [-0.15, -0.1) is 11.6 Å². The topological polar surface area (TPSA) is 46.1 Å². The van der Waals surface area contributed by atoms with E-state index < -0.39 is 0 Å². The molecule has 1 aliphatic rings. The zero-order valence-corrected chi connectivity index (χ0v) is 10.6. The van der Waals surface area contributed by atoms with Gasteiger partial charge in [-0.2, -0.15) is 4.98 Å². The molecule has 1 unspecified atom stereocenters. The fourth-order valence-corrected chi connectivity index (χ4v) is 1.91. The Balaban J connectivity index is 2.30. The number of anilines is 1. The number of alkyl halides is 1. The number of aromatic nitrogens is 2. The largest absolute Gasteiger partial charge is 0.279 e. The van der Waals surface area contributed by atoms with E-state index in [9.17, 15) is 4.79 Å². The molecule has 0 radical (unpaired) electrons. The van der Waals surface area contributed by atoms with E-state index in [2.05, 4.69) is 25.9 Å². The van der Waals surface area contributed by atoms with Crippen LogP contribution in [0.4, 0.5) is 5.95 Å². The maximum atomic E-state index is 11.5. The van der Waals surface area contributed by atoms with Crippen molar-refractivity contribution >= 4 is 51.0 Å². The zero-order chi connectivity index (χ0) is 11.0. The van der Waals surface area contributed by atoms with Crippen LogP contribution in [-0.2, 0) is 4.79 Å². The summed E-state index contributed by atoms with van der Waals surface area (Å²) in [5, 5.41) is 0.106. The third-order valence-corrected chi connectivity index (χ3v) is 3.40. The Bertz CT molecular complexity index is 415. The van der Waals surface area contributed by atoms with E-state index in [4.69, 9.17) is 23.2 Å². The molecule has 1 amide bonds. The van der Waals surface area contributed by atoms with Crippen LogP contribution in [0.5, 0.6) is 0 Å². The average molecular weight is 311 g/mol. The number of rotatable bonds is 1. The van der Waals surface area contributed by atoms with Crippen LogP contribution in [0.15, 0.2) is 10.7 Å². The Morgan fingerprint density at radius 1 is 1.60 bits per heavy atom. The highest BCUT2D eigenvalue weighted by molar-refractivity contribution is 9.10. The second-order valence-electron chi connectivity index (χ2n) is 3.11. The van der Waals surface area contributed by atoms with Crippen molar-refractivity contribution in [3.8, 4) is 0 Å². The van der Waals surface area contributed by atoms with Crippen LogP contribution < -0.4 is 4.90 Å². The molecule has 15 heavy (non-hydrogen) atoms. The molecule has 7 heteroatoms. The van der Waals surface area contributed by atoms with Crippen molar-refractivity contribution in [1.82, 2.24) is 9.97 Å². The summed E-state index contributed by atoms with van der Waals surface area (Å²) in [5.41, 5.74) is 0. The predicted octanol–water partition coefficient (Wildman–Crippen LogP) is 2.24. The Kier molecular flexibility index (Phi) is 3.13. The molecule has 1 aromatic rings. The molecule has 0 bridgehead atoms. The third-order valence-electron chi connectivity index (χ3n) is 2.01. The van der Waals surface area contributed by atoms with Crippen LogP contribution in [0, 0.1) is 0 Å². The summed E-state index contributed by atoms with van der Waals surface area (Å²) in [5.74, 6) is 0.227. The van der Waals surface area contributed by atoms with Crippen LogP contribution in [-0.4, -0.2) is 27.8 Å². The first kappa shape index (κ1) is 11.1. The standard InChI is InChI=1S/C8H6BrCl2N3O/c9-5-2-12-8(13-7(5)11)14-3-4(10)1-6(14)15/h2,4H,1,3H2. The molecule has 80 valence electrons. The first-order valence-electron chi connectivity index (χ1n) is 4.20. The van der Waals surface area contributed by atoms with Crippen LogP contribution in [0.1, 0.15) is 6.42 Å². The quantitative estimate of drug-likeness (QED) is 0.590. The molecule has 1 saturated heterocycles. The minimum Gasteiger partial charge on any atom is -0.279 e. The summed E-state index contributed by atoms with van der Waals surface area (Å²) >= 11 is 14.8. The van der Waals surface area contributed by atoms with Gasteiger partial charge >= 0.3 is 0 Å². The van der Waals surface area contributed by atoms with Crippen molar-refractivity contribution in [3.63, 3.8) is 0 Å². The van der Waals surface area contributed by atoms with E-state index >= 15 is 0 Å². The molecule has 1 fully saturated rings. The number of halogens is 3. The van der Waals surface area contributed by atoms with E-state index in [1.165, 1.54) is 11.1 Å². The monoisotopic (exact) mass is 309 g/mol. The van der Waals surface area contributed by atoms with Gasteiger partial charge in [0.05, 0.1) is 9.85 Å². The molecule has 0 N–H and O–H groups in total. The Labute approximate surface area is 105 Å². The van der Waals surface area contributed by atoms with Gasteiger partial charge in [0.25, 0.3) is 0 Å². The third kappa shape index (κ3) is 2.24. The van der Waals surface area contributed by atoms with Gasteiger partial charge in [-0.3, -0.25) is 9.69 Å². The molecule has 2 heterocycles. The molecule has 0 spiro atoms. The lowest BCUT2D eigenvalue weighted by atomic mass is 10.4. The molecule has 2 rings (SSSR count). The van der Waals surface area contributed by atoms with Gasteiger partial charge in [-0.25, -0.2) is 4.98 Å². The van der Waals surface area contributed by atoms with Gasteiger partial charge in [-0.1, -0.05) is 11.6 Å². The summed E-state index contributed by atoms with van der Waals surface area (Å²) in [6.07, 6.45) is 1.83. The lowest BCUT2D eigenvalue weighted by Crippen LogP contribution is -2.26. The maximum absolute atomic E-state index is 11.5. The van der Waals surface area contributed by atoms with Crippen molar-refractivity contribution in [2.24, 2.45) is 0 Å². The second-order valence-corrected chi connectivity index (χ2v) is 4.94. The number of nitrogens with zero attached hydrogens (tertiary/aromatic N) is 3. The van der Waals surface area contributed by atoms with Crippen LogP contribution in [0.3, 0.4) is 0 Å². The molecule has 1 aromatic heterocycles. The van der Waals surface area contributed by atoms with Crippen molar-refractivity contribution in [1.29, 1.82) is 0 Å². The number of hydrogen-bond acceptors (Lipinski definition) is 3. The first-order chi connectivity index (χ1) is 7.08. The van der Waals surface area contributed by atoms with Crippen LogP contribution >= 0.6 is 39.1 Å². The molecule has 1 atom stereocenters. The van der Waals surface area contributed by atoms with Crippen molar-refractivity contribution < 1.29 is 4.79 Å². The molecule has 0 aliphatic carbocycles. The normalized spacial score (nSPS) is 21.1. The smallest absolute Gasteiger partial charge is 0.233 e. The van der Waals surface area contributed by atoms with E-state index in [1.54, 1.807) is 0 Å². The number of carbonyl (C=O) groups is 1. The van der Waals surface area contributed by atoms with Gasteiger partial charge < -0.3 is 0 Å². The van der Waals surface area contributed by atoms with Crippen molar-refractivity contribution in [2.45, 2.75) is 11.8 Å². The van der Waals surface area contributed by atoms with Crippen molar-refractivity contribution in [2.75, 3.05) is 11.4 Å². The SMILES string of the molecule is O=C1CC(Cl)CN1c1ncc(Br)c(Cl)n1. The van der Waals surface area contributed by atoms with Gasteiger partial charge in [0.1, 0.15) is 5.15 Å². The van der Waals surface area contributed by atoms with E-state index in [0.717, 1.165) is 0 Å². The van der Waals surface area contributed by atoms with E-state index in [-0.39, 0.29) is 16.4 Å². The summed E-state index contributed by atoms with van der Waals surface area (Å²) in [7, 11) is 0. The fraction of sp³-hybridized carbons (Fsp3) is 0.375. The summed E-state index contributed by atoms with van der Waals surface area (Å²) < 4.78 is 0.599. The summed E-state index contributed by atoms with van der Waals surface area (Å²) in [6, 6.07) is 0. The lowest BCUT2D eigenvalue weighted by Gasteiger charge is -2.13. The Hall–Kier alpha value is -0.390. The van der Waals surface area contributed by atoms with Gasteiger partial charge in [0, 0.05) is 19.2 Å². The minimum atomic E-state index is -0.177. The van der Waals surface area contributed by atoms with Crippen LogP contribution in [0.25, 0.3) is 0 Å². The molecular weight excluding hydrogens is 305 g/mol. The molecule has 0 aromatic carbocycles. The van der Waals surface area contributed by atoms with Crippen molar-refractivity contribution in [3.05, 3.63) is 15.8 Å². The highest BCUT2D eigenvalue weighted by atomic mass is 79.9.